The summed E-state index contributed by atoms with van der Waals surface area (Å²) in [6.45, 7) is 6.98. The van der Waals surface area contributed by atoms with Gasteiger partial charge in [-0.25, -0.2) is 0 Å². The molecule has 0 fully saturated rings. The molecular formula is C13H19ClN4. The molecule has 0 aliphatic rings. The zero-order chi connectivity index (χ0) is 13.1. The van der Waals surface area contributed by atoms with Crippen LogP contribution in [0.1, 0.15) is 49.9 Å². The van der Waals surface area contributed by atoms with Crippen molar-refractivity contribution in [3.8, 4) is 0 Å². The van der Waals surface area contributed by atoms with Crippen molar-refractivity contribution in [2.45, 2.75) is 45.2 Å². The first-order chi connectivity index (χ1) is 8.60. The molecule has 1 atom stereocenters. The van der Waals surface area contributed by atoms with E-state index in [9.17, 15) is 0 Å². The highest BCUT2D eigenvalue weighted by molar-refractivity contribution is 6.20. The number of hydrogen-bond acceptors (Lipinski definition) is 2. The Hall–Kier alpha value is -1.29. The van der Waals surface area contributed by atoms with E-state index in [4.69, 9.17) is 11.6 Å². The molecule has 2 heterocycles. The predicted octanol–water partition coefficient (Wildman–Crippen LogP) is 3.40. The number of halogens is 1. The third kappa shape index (κ3) is 2.93. The third-order valence-corrected chi connectivity index (χ3v) is 3.45. The molecule has 0 spiro atoms. The Labute approximate surface area is 113 Å². The van der Waals surface area contributed by atoms with E-state index in [1.54, 1.807) is 0 Å². The molecule has 18 heavy (non-hydrogen) atoms. The summed E-state index contributed by atoms with van der Waals surface area (Å²) in [5.74, 6) is 0. The van der Waals surface area contributed by atoms with Gasteiger partial charge in [0.25, 0.3) is 0 Å². The van der Waals surface area contributed by atoms with E-state index in [2.05, 4.69) is 31.0 Å². The van der Waals surface area contributed by atoms with Gasteiger partial charge in [-0.05, 0) is 26.3 Å². The Morgan fingerprint density at radius 1 is 1.39 bits per heavy atom. The molecule has 0 radical (unpaired) electrons. The van der Waals surface area contributed by atoms with Gasteiger partial charge in [-0.1, -0.05) is 6.92 Å². The van der Waals surface area contributed by atoms with Gasteiger partial charge in [0.15, 0.2) is 0 Å². The molecule has 0 amide bonds. The van der Waals surface area contributed by atoms with E-state index in [-0.39, 0.29) is 5.38 Å². The second kappa shape index (κ2) is 5.57. The lowest BCUT2D eigenvalue weighted by molar-refractivity contribution is 0.520. The molecule has 0 saturated heterocycles. The molecule has 1 unspecified atom stereocenters. The zero-order valence-electron chi connectivity index (χ0n) is 11.0. The van der Waals surface area contributed by atoms with Crippen LogP contribution in [0.4, 0.5) is 0 Å². The second-order valence-corrected chi connectivity index (χ2v) is 5.25. The largest absolute Gasteiger partial charge is 0.270 e. The van der Waals surface area contributed by atoms with Crippen molar-refractivity contribution in [1.82, 2.24) is 19.6 Å². The van der Waals surface area contributed by atoms with E-state index >= 15 is 0 Å². The summed E-state index contributed by atoms with van der Waals surface area (Å²) in [4.78, 5) is 0. The molecule has 5 heteroatoms. The fraction of sp³-hybridized carbons (Fsp3) is 0.538. The van der Waals surface area contributed by atoms with Gasteiger partial charge < -0.3 is 0 Å². The fourth-order valence-corrected chi connectivity index (χ4v) is 1.89. The normalized spacial score (nSPS) is 13.2. The molecular weight excluding hydrogens is 248 g/mol. The molecule has 0 aliphatic heterocycles. The molecule has 2 rings (SSSR count). The molecule has 0 aliphatic carbocycles. The Balaban J connectivity index is 2.06. The predicted molar refractivity (Wildman–Crippen MR) is 72.8 cm³/mol. The summed E-state index contributed by atoms with van der Waals surface area (Å²) in [5.41, 5.74) is 2.09. The zero-order valence-corrected chi connectivity index (χ0v) is 11.8. The fourth-order valence-electron chi connectivity index (χ4n) is 1.78. The van der Waals surface area contributed by atoms with Crippen LogP contribution in [0.15, 0.2) is 24.7 Å². The van der Waals surface area contributed by atoms with Gasteiger partial charge in [0.05, 0.1) is 23.8 Å². The van der Waals surface area contributed by atoms with Crippen LogP contribution in [-0.4, -0.2) is 19.6 Å². The summed E-state index contributed by atoms with van der Waals surface area (Å²) in [5, 5.41) is 8.87. The average Bonchev–Trinajstić information content (AvgIpc) is 2.98. The quantitative estimate of drug-likeness (QED) is 0.778. The van der Waals surface area contributed by atoms with E-state index in [0.29, 0.717) is 12.6 Å². The minimum atomic E-state index is 0.0481. The first-order valence-electron chi connectivity index (χ1n) is 6.30. The Bertz CT molecular complexity index is 501. The lowest BCUT2D eigenvalue weighted by atomic mass is 10.2. The van der Waals surface area contributed by atoms with Gasteiger partial charge in [-0.3, -0.25) is 9.36 Å². The van der Waals surface area contributed by atoms with Crippen LogP contribution >= 0.6 is 11.6 Å². The van der Waals surface area contributed by atoms with E-state index in [0.717, 1.165) is 17.7 Å². The van der Waals surface area contributed by atoms with E-state index in [1.165, 1.54) is 0 Å². The molecule has 2 aromatic rings. The van der Waals surface area contributed by atoms with Crippen molar-refractivity contribution in [1.29, 1.82) is 0 Å². The van der Waals surface area contributed by atoms with Crippen molar-refractivity contribution in [2.75, 3.05) is 0 Å². The molecule has 2 aromatic heterocycles. The van der Waals surface area contributed by atoms with Crippen LogP contribution in [0, 0.1) is 0 Å². The van der Waals surface area contributed by atoms with Crippen LogP contribution in [0.5, 0.6) is 0 Å². The second-order valence-electron chi connectivity index (χ2n) is 4.73. The first kappa shape index (κ1) is 13.1. The lowest BCUT2D eigenvalue weighted by Gasteiger charge is -2.04. The minimum Gasteiger partial charge on any atom is -0.270 e. The highest BCUT2D eigenvalue weighted by Gasteiger charge is 2.09. The summed E-state index contributed by atoms with van der Waals surface area (Å²) < 4.78 is 3.84. The number of hydrogen-bond donors (Lipinski definition) is 0. The standard InChI is InChI=1S/C13H19ClN4/c1-4-13(14)11-7-15-17(8-11)9-12-5-6-18(16-12)10(2)3/h5-8,10,13H,4,9H2,1-3H3. The van der Waals surface area contributed by atoms with Crippen molar-refractivity contribution in [2.24, 2.45) is 0 Å². The molecule has 0 saturated carbocycles. The summed E-state index contributed by atoms with van der Waals surface area (Å²) in [6.07, 6.45) is 6.74. The van der Waals surface area contributed by atoms with E-state index < -0.39 is 0 Å². The maximum Gasteiger partial charge on any atom is 0.0849 e. The Morgan fingerprint density at radius 2 is 2.17 bits per heavy atom. The van der Waals surface area contributed by atoms with Crippen molar-refractivity contribution in [3.63, 3.8) is 0 Å². The van der Waals surface area contributed by atoms with Crippen molar-refractivity contribution in [3.05, 3.63) is 35.9 Å². The molecule has 98 valence electrons. The van der Waals surface area contributed by atoms with Crippen LogP contribution in [0.3, 0.4) is 0 Å². The van der Waals surface area contributed by atoms with Gasteiger partial charge in [-0.2, -0.15) is 10.2 Å². The Kier molecular flexibility index (Phi) is 4.07. The summed E-state index contributed by atoms with van der Waals surface area (Å²) in [7, 11) is 0. The molecule has 4 nitrogen and oxygen atoms in total. The number of nitrogens with zero attached hydrogens (tertiary/aromatic N) is 4. The highest BCUT2D eigenvalue weighted by atomic mass is 35.5. The Morgan fingerprint density at radius 3 is 2.78 bits per heavy atom. The lowest BCUT2D eigenvalue weighted by Crippen LogP contribution is -2.05. The minimum absolute atomic E-state index is 0.0481. The average molecular weight is 267 g/mol. The van der Waals surface area contributed by atoms with Crippen molar-refractivity contribution < 1.29 is 0 Å². The van der Waals surface area contributed by atoms with Gasteiger partial charge in [0.2, 0.25) is 0 Å². The summed E-state index contributed by atoms with van der Waals surface area (Å²) in [6, 6.07) is 2.42. The maximum atomic E-state index is 6.18. The molecule has 0 bridgehead atoms. The smallest absolute Gasteiger partial charge is 0.0849 e. The van der Waals surface area contributed by atoms with Crippen LogP contribution < -0.4 is 0 Å². The van der Waals surface area contributed by atoms with Gasteiger partial charge >= 0.3 is 0 Å². The van der Waals surface area contributed by atoms with Crippen LogP contribution in [0.2, 0.25) is 0 Å². The number of rotatable bonds is 5. The van der Waals surface area contributed by atoms with Gasteiger partial charge in [-0.15, -0.1) is 11.6 Å². The highest BCUT2D eigenvalue weighted by Crippen LogP contribution is 2.22. The number of alkyl halides is 1. The van der Waals surface area contributed by atoms with Crippen LogP contribution in [-0.2, 0) is 6.54 Å². The van der Waals surface area contributed by atoms with Gasteiger partial charge in [0.1, 0.15) is 0 Å². The first-order valence-corrected chi connectivity index (χ1v) is 6.74. The third-order valence-electron chi connectivity index (χ3n) is 2.89. The van der Waals surface area contributed by atoms with E-state index in [1.807, 2.05) is 34.0 Å². The molecule has 0 N–H and O–H groups in total. The monoisotopic (exact) mass is 266 g/mol. The van der Waals surface area contributed by atoms with Crippen molar-refractivity contribution >= 4 is 11.6 Å². The maximum absolute atomic E-state index is 6.18. The SMILES string of the molecule is CCC(Cl)c1cnn(Cc2ccn(C(C)C)n2)c1. The van der Waals surface area contributed by atoms with Crippen LogP contribution in [0.25, 0.3) is 0 Å². The number of aromatic nitrogens is 4. The van der Waals surface area contributed by atoms with Gasteiger partial charge in [0, 0.05) is 24.0 Å². The summed E-state index contributed by atoms with van der Waals surface area (Å²) >= 11 is 6.18. The molecule has 0 aromatic carbocycles. The topological polar surface area (TPSA) is 35.6 Å².